The number of aromatic amines is 1. The lowest BCUT2D eigenvalue weighted by molar-refractivity contribution is 0.547. The Hall–Kier alpha value is -1.36. The predicted molar refractivity (Wildman–Crippen MR) is 68.9 cm³/mol. The number of nitrogens with zero attached hydrogens (tertiary/aromatic N) is 3. The van der Waals surface area contributed by atoms with Crippen LogP contribution in [0.5, 0.6) is 0 Å². The molecule has 5 heteroatoms. The number of thioether (sulfide) groups is 1. The van der Waals surface area contributed by atoms with Gasteiger partial charge in [0, 0.05) is 17.4 Å². The molecular formula is C12H16N4S. The number of rotatable bonds is 3. The second kappa shape index (κ2) is 4.87. The molecule has 0 aliphatic heterocycles. The van der Waals surface area contributed by atoms with E-state index < -0.39 is 0 Å². The van der Waals surface area contributed by atoms with E-state index in [9.17, 15) is 0 Å². The molecule has 0 radical (unpaired) electrons. The fourth-order valence-electron chi connectivity index (χ4n) is 1.27. The molecule has 2 rings (SSSR count). The quantitative estimate of drug-likeness (QED) is 0.849. The van der Waals surface area contributed by atoms with E-state index in [4.69, 9.17) is 0 Å². The number of hydrogen-bond acceptors (Lipinski definition) is 4. The predicted octanol–water partition coefficient (Wildman–Crippen LogP) is 2.79. The number of H-pyrrole nitrogens is 1. The summed E-state index contributed by atoms with van der Waals surface area (Å²) >= 11 is 1.62. The minimum atomic E-state index is -0.0136. The molecule has 1 N–H and O–H groups in total. The van der Waals surface area contributed by atoms with Crippen LogP contribution in [0.4, 0.5) is 0 Å². The highest BCUT2D eigenvalue weighted by atomic mass is 32.2. The standard InChI is InChI=1S/C12H16N4S/c1-12(2,3)10-14-11(16-15-10)17-8-9-6-4-5-7-13-9/h4-7H,8H2,1-3H3,(H,14,15,16). The molecular weight excluding hydrogens is 232 g/mol. The summed E-state index contributed by atoms with van der Waals surface area (Å²) in [5.41, 5.74) is 1.03. The Morgan fingerprint density at radius 1 is 1.29 bits per heavy atom. The Balaban J connectivity index is 1.99. The monoisotopic (exact) mass is 248 g/mol. The maximum absolute atomic E-state index is 4.47. The third-order valence-electron chi connectivity index (χ3n) is 2.22. The highest BCUT2D eigenvalue weighted by Gasteiger charge is 2.19. The van der Waals surface area contributed by atoms with E-state index in [1.54, 1.807) is 18.0 Å². The van der Waals surface area contributed by atoms with Crippen LogP contribution < -0.4 is 0 Å². The fourth-order valence-corrected chi connectivity index (χ4v) is 1.99. The first-order valence-corrected chi connectivity index (χ1v) is 6.50. The number of pyridine rings is 1. The molecule has 0 saturated heterocycles. The van der Waals surface area contributed by atoms with Crippen molar-refractivity contribution in [2.24, 2.45) is 0 Å². The summed E-state index contributed by atoms with van der Waals surface area (Å²) in [6.45, 7) is 6.30. The van der Waals surface area contributed by atoms with Gasteiger partial charge < -0.3 is 0 Å². The van der Waals surface area contributed by atoms with Crippen LogP contribution in [0, 0.1) is 0 Å². The Kier molecular flexibility index (Phi) is 3.47. The summed E-state index contributed by atoms with van der Waals surface area (Å²) in [6, 6.07) is 5.91. The van der Waals surface area contributed by atoms with Crippen LogP contribution in [0.25, 0.3) is 0 Å². The average Bonchev–Trinajstić information content (AvgIpc) is 2.76. The first kappa shape index (κ1) is 12.1. The van der Waals surface area contributed by atoms with Crippen molar-refractivity contribution in [2.75, 3.05) is 0 Å². The molecule has 4 nitrogen and oxygen atoms in total. The highest BCUT2D eigenvalue weighted by Crippen LogP contribution is 2.22. The molecule has 0 atom stereocenters. The van der Waals surface area contributed by atoms with Crippen molar-refractivity contribution < 1.29 is 0 Å². The smallest absolute Gasteiger partial charge is 0.184 e. The van der Waals surface area contributed by atoms with Gasteiger partial charge in [0.05, 0.1) is 5.69 Å². The normalized spacial score (nSPS) is 11.7. The van der Waals surface area contributed by atoms with Gasteiger partial charge in [0.25, 0.3) is 0 Å². The molecule has 2 heterocycles. The average molecular weight is 248 g/mol. The van der Waals surface area contributed by atoms with E-state index in [0.717, 1.165) is 22.4 Å². The molecule has 0 aromatic carbocycles. The molecule has 0 aliphatic rings. The van der Waals surface area contributed by atoms with Gasteiger partial charge in [-0.05, 0) is 12.1 Å². The van der Waals surface area contributed by atoms with E-state index in [0.29, 0.717) is 0 Å². The van der Waals surface area contributed by atoms with Crippen LogP contribution >= 0.6 is 11.8 Å². The van der Waals surface area contributed by atoms with Gasteiger partial charge in [0.2, 0.25) is 0 Å². The molecule has 0 amide bonds. The Bertz CT molecular complexity index is 473. The lowest BCUT2D eigenvalue weighted by atomic mass is 9.96. The van der Waals surface area contributed by atoms with Crippen LogP contribution in [0.3, 0.4) is 0 Å². The molecule has 90 valence electrons. The number of hydrogen-bond donors (Lipinski definition) is 1. The van der Waals surface area contributed by atoms with Gasteiger partial charge in [-0.25, -0.2) is 4.98 Å². The van der Waals surface area contributed by atoms with E-state index in [2.05, 4.69) is 40.9 Å². The third-order valence-corrected chi connectivity index (χ3v) is 3.11. The lowest BCUT2D eigenvalue weighted by Crippen LogP contribution is -2.13. The Morgan fingerprint density at radius 3 is 2.71 bits per heavy atom. The first-order chi connectivity index (χ1) is 8.05. The van der Waals surface area contributed by atoms with Gasteiger partial charge in [-0.3, -0.25) is 10.1 Å². The molecule has 0 fully saturated rings. The topological polar surface area (TPSA) is 54.5 Å². The van der Waals surface area contributed by atoms with Crippen molar-refractivity contribution in [3.05, 3.63) is 35.9 Å². The molecule has 0 saturated carbocycles. The van der Waals surface area contributed by atoms with Crippen LogP contribution in [0.15, 0.2) is 29.6 Å². The van der Waals surface area contributed by atoms with Crippen molar-refractivity contribution in [3.8, 4) is 0 Å². The minimum Gasteiger partial charge on any atom is -0.260 e. The Labute approximate surface area is 105 Å². The molecule has 0 unspecified atom stereocenters. The van der Waals surface area contributed by atoms with Gasteiger partial charge in [0.15, 0.2) is 11.0 Å². The van der Waals surface area contributed by atoms with Crippen LogP contribution in [-0.2, 0) is 11.2 Å². The van der Waals surface area contributed by atoms with Gasteiger partial charge in [0.1, 0.15) is 0 Å². The summed E-state index contributed by atoms with van der Waals surface area (Å²) in [5.74, 6) is 1.65. The first-order valence-electron chi connectivity index (χ1n) is 5.51. The largest absolute Gasteiger partial charge is 0.260 e. The molecule has 0 spiro atoms. The minimum absolute atomic E-state index is 0.0136. The maximum atomic E-state index is 4.47. The lowest BCUT2D eigenvalue weighted by Gasteiger charge is -2.11. The van der Waals surface area contributed by atoms with Crippen molar-refractivity contribution >= 4 is 11.8 Å². The maximum Gasteiger partial charge on any atom is 0.184 e. The molecule has 17 heavy (non-hydrogen) atoms. The number of aromatic nitrogens is 4. The van der Waals surface area contributed by atoms with Gasteiger partial charge in [-0.15, -0.1) is 0 Å². The van der Waals surface area contributed by atoms with Crippen molar-refractivity contribution in [3.63, 3.8) is 0 Å². The van der Waals surface area contributed by atoms with E-state index in [1.807, 2.05) is 18.2 Å². The fraction of sp³-hybridized carbons (Fsp3) is 0.417. The van der Waals surface area contributed by atoms with E-state index in [1.165, 1.54) is 0 Å². The molecule has 0 aliphatic carbocycles. The zero-order chi connectivity index (χ0) is 12.3. The summed E-state index contributed by atoms with van der Waals surface area (Å²) in [4.78, 5) is 8.73. The van der Waals surface area contributed by atoms with Gasteiger partial charge in [-0.1, -0.05) is 38.6 Å². The molecule has 2 aromatic heterocycles. The van der Waals surface area contributed by atoms with Crippen LogP contribution in [-0.4, -0.2) is 20.2 Å². The molecule has 0 bridgehead atoms. The summed E-state index contributed by atoms with van der Waals surface area (Å²) in [5, 5.41) is 8.03. The summed E-state index contributed by atoms with van der Waals surface area (Å²) in [7, 11) is 0. The van der Waals surface area contributed by atoms with E-state index >= 15 is 0 Å². The van der Waals surface area contributed by atoms with Crippen molar-refractivity contribution in [1.29, 1.82) is 0 Å². The highest BCUT2D eigenvalue weighted by molar-refractivity contribution is 7.98. The SMILES string of the molecule is CC(C)(C)c1n[nH]c(SCc2ccccn2)n1. The summed E-state index contributed by atoms with van der Waals surface area (Å²) < 4.78 is 0. The van der Waals surface area contributed by atoms with Crippen LogP contribution in [0.2, 0.25) is 0 Å². The van der Waals surface area contributed by atoms with E-state index in [-0.39, 0.29) is 5.41 Å². The number of nitrogens with one attached hydrogen (secondary N) is 1. The second-order valence-corrected chi connectivity index (χ2v) is 5.79. The third kappa shape index (κ3) is 3.30. The summed E-state index contributed by atoms with van der Waals surface area (Å²) in [6.07, 6.45) is 1.80. The van der Waals surface area contributed by atoms with Crippen LogP contribution in [0.1, 0.15) is 32.3 Å². The molecule has 2 aromatic rings. The zero-order valence-corrected chi connectivity index (χ0v) is 11.1. The van der Waals surface area contributed by atoms with Gasteiger partial charge in [-0.2, -0.15) is 5.10 Å². The second-order valence-electron chi connectivity index (χ2n) is 4.82. The Morgan fingerprint density at radius 2 is 2.12 bits per heavy atom. The van der Waals surface area contributed by atoms with Crippen molar-refractivity contribution in [1.82, 2.24) is 20.2 Å². The van der Waals surface area contributed by atoms with Gasteiger partial charge >= 0.3 is 0 Å². The van der Waals surface area contributed by atoms with Crippen molar-refractivity contribution in [2.45, 2.75) is 37.1 Å². The zero-order valence-electron chi connectivity index (χ0n) is 10.3.